The van der Waals surface area contributed by atoms with Gasteiger partial charge in [0.1, 0.15) is 11.5 Å². The molecule has 0 saturated carbocycles. The molecular weight excluding hydrogens is 269 g/mol. The maximum Gasteiger partial charge on any atom is 0.271 e. The highest BCUT2D eigenvalue weighted by molar-refractivity contribution is 6.33. The van der Waals surface area contributed by atoms with Gasteiger partial charge in [-0.25, -0.2) is 9.37 Å². The molecule has 0 unspecified atom stereocenters. The Kier molecular flexibility index (Phi) is 4.06. The molecule has 0 bridgehead atoms. The highest BCUT2D eigenvalue weighted by Gasteiger charge is 2.31. The van der Waals surface area contributed by atoms with Gasteiger partial charge in [0.2, 0.25) is 0 Å². The van der Waals surface area contributed by atoms with Gasteiger partial charge in [-0.05, 0) is 32.9 Å². The number of pyridine rings is 1. The molecule has 0 spiro atoms. The van der Waals surface area contributed by atoms with Gasteiger partial charge in [-0.3, -0.25) is 4.79 Å². The number of nitrogens with zero attached hydrogens (tertiary/aromatic N) is 2. The number of amides is 1. The van der Waals surface area contributed by atoms with Crippen LogP contribution in [0.1, 0.15) is 30.3 Å². The van der Waals surface area contributed by atoms with Crippen molar-refractivity contribution in [2.45, 2.75) is 25.3 Å². The lowest BCUT2D eigenvalue weighted by Gasteiger charge is -2.38. The van der Waals surface area contributed by atoms with Crippen molar-refractivity contribution in [3.05, 3.63) is 28.8 Å². The predicted molar refractivity (Wildman–Crippen MR) is 71.8 cm³/mol. The number of hydrogen-bond donors (Lipinski definition) is 1. The van der Waals surface area contributed by atoms with Crippen LogP contribution in [-0.2, 0) is 0 Å². The van der Waals surface area contributed by atoms with E-state index in [0.717, 1.165) is 38.2 Å². The molecule has 0 atom stereocenters. The van der Waals surface area contributed by atoms with Crippen molar-refractivity contribution < 1.29 is 9.18 Å². The van der Waals surface area contributed by atoms with Crippen LogP contribution in [0.25, 0.3) is 0 Å². The molecule has 2 heterocycles. The summed E-state index contributed by atoms with van der Waals surface area (Å²) in [5.41, 5.74) is -0.188. The Balaban J connectivity index is 2.08. The van der Waals surface area contributed by atoms with Crippen LogP contribution in [0.4, 0.5) is 4.39 Å². The number of rotatable bonds is 2. The Hall–Kier alpha value is -1.20. The van der Waals surface area contributed by atoms with E-state index in [4.69, 9.17) is 11.6 Å². The summed E-state index contributed by atoms with van der Waals surface area (Å²) in [5, 5.41) is 2.99. The average molecular weight is 286 g/mol. The summed E-state index contributed by atoms with van der Waals surface area (Å²) in [7, 11) is 2.06. The average Bonchev–Trinajstić information content (AvgIpc) is 2.33. The van der Waals surface area contributed by atoms with E-state index in [1.54, 1.807) is 0 Å². The fourth-order valence-corrected chi connectivity index (χ4v) is 2.39. The van der Waals surface area contributed by atoms with Gasteiger partial charge in [0.25, 0.3) is 5.91 Å². The Morgan fingerprint density at radius 1 is 1.53 bits per heavy atom. The number of piperidine rings is 1. The van der Waals surface area contributed by atoms with Crippen molar-refractivity contribution >= 4 is 17.5 Å². The Bertz CT molecular complexity index is 487. The molecule has 19 heavy (non-hydrogen) atoms. The third-order valence-electron chi connectivity index (χ3n) is 3.53. The number of carbonyl (C=O) groups is 1. The van der Waals surface area contributed by atoms with Crippen LogP contribution in [0.2, 0.25) is 5.02 Å². The number of carbonyl (C=O) groups excluding carboxylic acids is 1. The molecule has 1 fully saturated rings. The standard InChI is InChI=1S/C13H17ClFN3O/c1-13(3-5-18(2)6-4-13)17-12(19)11-10(14)7-9(15)8-16-11/h7-8H,3-6H2,1-2H3,(H,17,19). The third kappa shape index (κ3) is 3.42. The van der Waals surface area contributed by atoms with Gasteiger partial charge in [0, 0.05) is 18.6 Å². The van der Waals surface area contributed by atoms with Crippen molar-refractivity contribution in [3.63, 3.8) is 0 Å². The number of halogens is 2. The van der Waals surface area contributed by atoms with Gasteiger partial charge >= 0.3 is 0 Å². The first-order valence-electron chi connectivity index (χ1n) is 6.22. The van der Waals surface area contributed by atoms with E-state index in [0.29, 0.717) is 0 Å². The van der Waals surface area contributed by atoms with Crippen LogP contribution in [0.15, 0.2) is 12.3 Å². The highest BCUT2D eigenvalue weighted by atomic mass is 35.5. The normalized spacial score (nSPS) is 19.2. The maximum atomic E-state index is 12.9. The second-order valence-corrected chi connectivity index (χ2v) is 5.71. The SMILES string of the molecule is CN1CCC(C)(NC(=O)c2ncc(F)cc2Cl)CC1. The van der Waals surface area contributed by atoms with Crippen molar-refractivity contribution in [1.82, 2.24) is 15.2 Å². The van der Waals surface area contributed by atoms with Crippen LogP contribution in [0.3, 0.4) is 0 Å². The lowest BCUT2D eigenvalue weighted by molar-refractivity contribution is 0.0847. The molecular formula is C13H17ClFN3O. The smallest absolute Gasteiger partial charge is 0.271 e. The molecule has 1 aliphatic rings. The zero-order valence-electron chi connectivity index (χ0n) is 11.0. The monoisotopic (exact) mass is 285 g/mol. The summed E-state index contributed by atoms with van der Waals surface area (Å²) in [4.78, 5) is 18.1. The molecule has 4 nitrogen and oxygen atoms in total. The lowest BCUT2D eigenvalue weighted by atomic mass is 9.89. The Morgan fingerprint density at radius 3 is 2.74 bits per heavy atom. The molecule has 0 aromatic carbocycles. The van der Waals surface area contributed by atoms with Crippen LogP contribution in [0.5, 0.6) is 0 Å². The van der Waals surface area contributed by atoms with E-state index >= 15 is 0 Å². The number of hydrogen-bond acceptors (Lipinski definition) is 3. The predicted octanol–water partition coefficient (Wildman–Crippen LogP) is 2.09. The molecule has 1 aromatic heterocycles. The van der Waals surface area contributed by atoms with Gasteiger partial charge in [0.15, 0.2) is 0 Å². The van der Waals surface area contributed by atoms with Gasteiger partial charge < -0.3 is 10.2 Å². The largest absolute Gasteiger partial charge is 0.345 e. The van der Waals surface area contributed by atoms with E-state index in [2.05, 4.69) is 22.2 Å². The molecule has 6 heteroatoms. The summed E-state index contributed by atoms with van der Waals surface area (Å²) in [6, 6.07) is 1.10. The second-order valence-electron chi connectivity index (χ2n) is 5.30. The lowest BCUT2D eigenvalue weighted by Crippen LogP contribution is -2.52. The fraction of sp³-hybridized carbons (Fsp3) is 0.538. The quantitative estimate of drug-likeness (QED) is 0.905. The molecule has 1 aromatic rings. The minimum absolute atomic E-state index is 0.0361. The zero-order chi connectivity index (χ0) is 14.0. The summed E-state index contributed by atoms with van der Waals surface area (Å²) >= 11 is 5.84. The molecule has 1 aliphatic heterocycles. The minimum Gasteiger partial charge on any atom is -0.345 e. The molecule has 0 radical (unpaired) electrons. The van der Waals surface area contributed by atoms with E-state index in [1.165, 1.54) is 0 Å². The van der Waals surface area contributed by atoms with E-state index < -0.39 is 5.82 Å². The molecule has 1 N–H and O–H groups in total. The molecule has 104 valence electrons. The first kappa shape index (κ1) is 14.2. The first-order valence-corrected chi connectivity index (χ1v) is 6.59. The van der Waals surface area contributed by atoms with Crippen LogP contribution in [0, 0.1) is 5.82 Å². The van der Waals surface area contributed by atoms with Crippen molar-refractivity contribution in [3.8, 4) is 0 Å². The van der Waals surface area contributed by atoms with Crippen molar-refractivity contribution in [2.24, 2.45) is 0 Å². The summed E-state index contributed by atoms with van der Waals surface area (Å²) in [6.45, 7) is 3.87. The maximum absolute atomic E-state index is 12.9. The van der Waals surface area contributed by atoms with Gasteiger partial charge in [-0.15, -0.1) is 0 Å². The summed E-state index contributed by atoms with van der Waals surface area (Å²) in [5.74, 6) is -0.899. The van der Waals surface area contributed by atoms with Gasteiger partial charge in [0.05, 0.1) is 11.2 Å². The number of likely N-dealkylation sites (tertiary alicyclic amines) is 1. The van der Waals surface area contributed by atoms with E-state index in [-0.39, 0.29) is 22.2 Å². The Labute approximate surface area is 117 Å². The Morgan fingerprint density at radius 2 is 2.16 bits per heavy atom. The van der Waals surface area contributed by atoms with Gasteiger partial charge in [-0.2, -0.15) is 0 Å². The van der Waals surface area contributed by atoms with E-state index in [9.17, 15) is 9.18 Å². The molecule has 0 aliphatic carbocycles. The van der Waals surface area contributed by atoms with Crippen LogP contribution >= 0.6 is 11.6 Å². The topological polar surface area (TPSA) is 45.2 Å². The fourth-order valence-electron chi connectivity index (χ4n) is 2.15. The van der Waals surface area contributed by atoms with Crippen molar-refractivity contribution in [2.75, 3.05) is 20.1 Å². The summed E-state index contributed by atoms with van der Waals surface area (Å²) < 4.78 is 12.9. The van der Waals surface area contributed by atoms with Gasteiger partial charge in [-0.1, -0.05) is 11.6 Å². The molecule has 1 saturated heterocycles. The molecule has 1 amide bonds. The molecule has 2 rings (SSSR count). The second kappa shape index (κ2) is 5.43. The first-order chi connectivity index (χ1) is 8.89. The third-order valence-corrected chi connectivity index (χ3v) is 3.82. The van der Waals surface area contributed by atoms with Crippen LogP contribution < -0.4 is 5.32 Å². The summed E-state index contributed by atoms with van der Waals surface area (Å²) in [6.07, 6.45) is 2.74. The van der Waals surface area contributed by atoms with Crippen molar-refractivity contribution in [1.29, 1.82) is 0 Å². The number of aromatic nitrogens is 1. The number of nitrogens with one attached hydrogen (secondary N) is 1. The minimum atomic E-state index is -0.549. The van der Waals surface area contributed by atoms with Crippen LogP contribution in [-0.4, -0.2) is 41.5 Å². The van der Waals surface area contributed by atoms with E-state index in [1.807, 2.05) is 6.92 Å². The highest BCUT2D eigenvalue weighted by Crippen LogP contribution is 2.22. The zero-order valence-corrected chi connectivity index (χ0v) is 11.8.